The first-order chi connectivity index (χ1) is 6.66. The largest absolute Gasteiger partial charge is 0.351 e. The number of imide groups is 1. The third-order valence-electron chi connectivity index (χ3n) is 1.90. The number of nitrogens with one attached hydrogen (secondary N) is 1. The van der Waals surface area contributed by atoms with Crippen LogP contribution < -0.4 is 5.32 Å². The zero-order chi connectivity index (χ0) is 10.1. The minimum absolute atomic E-state index is 0.310. The summed E-state index contributed by atoms with van der Waals surface area (Å²) in [7, 11) is 1.88. The predicted molar refractivity (Wildman–Crippen MR) is 54.5 cm³/mol. The Hall–Kier alpha value is -1.49. The van der Waals surface area contributed by atoms with E-state index >= 15 is 0 Å². The Labute approximate surface area is 85.0 Å². The highest BCUT2D eigenvalue weighted by Crippen LogP contribution is 2.25. The molecule has 5 heteroatoms. The molecular weight excluding hydrogens is 200 g/mol. The second kappa shape index (κ2) is 3.34. The normalized spacial score (nSPS) is 19.1. The minimum atomic E-state index is -0.318. The molecule has 1 fully saturated rings. The fourth-order valence-electron chi connectivity index (χ4n) is 1.18. The number of aryl methyl sites for hydroxylation is 1. The molecule has 1 aliphatic heterocycles. The number of thioether (sulfide) groups is 1. The molecule has 4 nitrogen and oxygen atoms in total. The van der Waals surface area contributed by atoms with E-state index in [9.17, 15) is 9.59 Å². The maximum absolute atomic E-state index is 11.2. The first-order valence-corrected chi connectivity index (χ1v) is 4.84. The summed E-state index contributed by atoms with van der Waals surface area (Å²) in [4.78, 5) is 22.5. The molecule has 0 aliphatic carbocycles. The Balaban J connectivity index is 2.32. The van der Waals surface area contributed by atoms with Crippen LogP contribution in [0.1, 0.15) is 5.69 Å². The molecule has 2 rings (SSSR count). The number of amides is 2. The van der Waals surface area contributed by atoms with Crippen LogP contribution in [0.2, 0.25) is 0 Å². The lowest BCUT2D eigenvalue weighted by Gasteiger charge is -1.96. The highest BCUT2D eigenvalue weighted by atomic mass is 32.2. The smallest absolute Gasteiger partial charge is 0.290 e. The number of aromatic nitrogens is 1. The van der Waals surface area contributed by atoms with Crippen molar-refractivity contribution in [3.8, 4) is 0 Å². The Morgan fingerprint density at radius 1 is 1.50 bits per heavy atom. The minimum Gasteiger partial charge on any atom is -0.351 e. The van der Waals surface area contributed by atoms with Crippen LogP contribution in [0.3, 0.4) is 0 Å². The van der Waals surface area contributed by atoms with Gasteiger partial charge in [-0.2, -0.15) is 0 Å². The molecule has 0 unspecified atom stereocenters. The van der Waals surface area contributed by atoms with Gasteiger partial charge in [-0.25, -0.2) is 0 Å². The molecule has 72 valence electrons. The lowest BCUT2D eigenvalue weighted by atomic mass is 10.3. The molecule has 2 heterocycles. The number of carbonyl (C=O) groups excluding carboxylic acids is 2. The van der Waals surface area contributed by atoms with Crippen molar-refractivity contribution < 1.29 is 9.59 Å². The van der Waals surface area contributed by atoms with Crippen molar-refractivity contribution >= 4 is 29.0 Å². The second-order valence-corrected chi connectivity index (χ2v) is 3.91. The first kappa shape index (κ1) is 9.08. The van der Waals surface area contributed by atoms with Crippen LogP contribution in [0.5, 0.6) is 0 Å². The van der Waals surface area contributed by atoms with E-state index in [0.29, 0.717) is 4.91 Å². The molecule has 1 aromatic rings. The van der Waals surface area contributed by atoms with Crippen molar-refractivity contribution in [2.75, 3.05) is 0 Å². The highest BCUT2D eigenvalue weighted by Gasteiger charge is 2.25. The predicted octanol–water partition coefficient (Wildman–Crippen LogP) is 1.35. The van der Waals surface area contributed by atoms with E-state index in [1.165, 1.54) is 0 Å². The fraction of sp³-hybridized carbons (Fsp3) is 0.111. The highest BCUT2D eigenvalue weighted by molar-refractivity contribution is 8.18. The fourth-order valence-corrected chi connectivity index (χ4v) is 1.85. The van der Waals surface area contributed by atoms with Crippen LogP contribution in [0.4, 0.5) is 4.79 Å². The lowest BCUT2D eigenvalue weighted by Crippen LogP contribution is -2.17. The van der Waals surface area contributed by atoms with Gasteiger partial charge in [0.25, 0.3) is 11.1 Å². The molecule has 14 heavy (non-hydrogen) atoms. The molecule has 0 radical (unpaired) electrons. The van der Waals surface area contributed by atoms with Gasteiger partial charge in [0.05, 0.1) is 4.91 Å². The van der Waals surface area contributed by atoms with Crippen LogP contribution >= 0.6 is 11.8 Å². The number of rotatable bonds is 1. The van der Waals surface area contributed by atoms with Crippen molar-refractivity contribution in [1.82, 2.24) is 9.88 Å². The summed E-state index contributed by atoms with van der Waals surface area (Å²) < 4.78 is 1.88. The maximum Gasteiger partial charge on any atom is 0.290 e. The van der Waals surface area contributed by atoms with Gasteiger partial charge in [0.2, 0.25) is 0 Å². The van der Waals surface area contributed by atoms with Crippen LogP contribution in [-0.4, -0.2) is 15.7 Å². The Morgan fingerprint density at radius 2 is 2.29 bits per heavy atom. The van der Waals surface area contributed by atoms with Gasteiger partial charge in [0.15, 0.2) is 0 Å². The summed E-state index contributed by atoms with van der Waals surface area (Å²) in [5.74, 6) is -0.318. The quantitative estimate of drug-likeness (QED) is 0.709. The standard InChI is InChI=1S/C9H8N2O2S/c1-11-4-2-3-6(11)5-7-8(12)10-9(13)14-7/h2-5H,1H3,(H,10,12,13). The molecule has 0 spiro atoms. The molecule has 1 saturated heterocycles. The molecule has 1 aromatic heterocycles. The molecule has 0 atom stereocenters. The van der Waals surface area contributed by atoms with Crippen LogP contribution in [0, 0.1) is 0 Å². The lowest BCUT2D eigenvalue weighted by molar-refractivity contribution is -0.115. The van der Waals surface area contributed by atoms with Gasteiger partial charge in [-0.3, -0.25) is 14.9 Å². The SMILES string of the molecule is Cn1cccc1C=C1SC(=O)NC1=O. The van der Waals surface area contributed by atoms with Crippen molar-refractivity contribution in [3.63, 3.8) is 0 Å². The monoisotopic (exact) mass is 208 g/mol. The first-order valence-electron chi connectivity index (χ1n) is 4.03. The van der Waals surface area contributed by atoms with E-state index in [4.69, 9.17) is 0 Å². The average Bonchev–Trinajstić information content (AvgIpc) is 2.62. The van der Waals surface area contributed by atoms with Gasteiger partial charge < -0.3 is 4.57 Å². The van der Waals surface area contributed by atoms with Gasteiger partial charge >= 0.3 is 0 Å². The van der Waals surface area contributed by atoms with E-state index < -0.39 is 0 Å². The molecule has 1 aliphatic rings. The Morgan fingerprint density at radius 3 is 2.79 bits per heavy atom. The summed E-state index contributed by atoms with van der Waals surface area (Å²) in [5.41, 5.74) is 0.900. The molecular formula is C9H8N2O2S. The third-order valence-corrected chi connectivity index (χ3v) is 2.72. The van der Waals surface area contributed by atoms with Crippen molar-refractivity contribution in [1.29, 1.82) is 0 Å². The molecule has 2 amide bonds. The molecule has 0 bridgehead atoms. The Kier molecular flexibility index (Phi) is 2.17. The number of nitrogens with zero attached hydrogens (tertiary/aromatic N) is 1. The van der Waals surface area contributed by atoms with Crippen LogP contribution in [-0.2, 0) is 11.8 Å². The zero-order valence-electron chi connectivity index (χ0n) is 7.48. The van der Waals surface area contributed by atoms with Gasteiger partial charge in [0.1, 0.15) is 0 Å². The van der Waals surface area contributed by atoms with Gasteiger partial charge in [-0.15, -0.1) is 0 Å². The average molecular weight is 208 g/mol. The van der Waals surface area contributed by atoms with Crippen LogP contribution in [0.25, 0.3) is 6.08 Å². The van der Waals surface area contributed by atoms with E-state index in [0.717, 1.165) is 17.5 Å². The number of hydrogen-bond donors (Lipinski definition) is 1. The van der Waals surface area contributed by atoms with E-state index in [1.54, 1.807) is 6.08 Å². The number of hydrogen-bond acceptors (Lipinski definition) is 3. The molecule has 0 saturated carbocycles. The summed E-state index contributed by atoms with van der Waals surface area (Å²) >= 11 is 0.929. The number of carbonyl (C=O) groups is 2. The molecule has 1 N–H and O–H groups in total. The van der Waals surface area contributed by atoms with E-state index in [-0.39, 0.29) is 11.1 Å². The van der Waals surface area contributed by atoms with E-state index in [1.807, 2.05) is 29.9 Å². The zero-order valence-corrected chi connectivity index (χ0v) is 8.30. The van der Waals surface area contributed by atoms with Gasteiger partial charge in [-0.05, 0) is 30.0 Å². The van der Waals surface area contributed by atoms with Gasteiger partial charge in [-0.1, -0.05) is 0 Å². The van der Waals surface area contributed by atoms with Crippen molar-refractivity contribution in [2.45, 2.75) is 0 Å². The van der Waals surface area contributed by atoms with E-state index in [2.05, 4.69) is 5.32 Å². The van der Waals surface area contributed by atoms with Gasteiger partial charge in [0, 0.05) is 18.9 Å². The molecule has 0 aromatic carbocycles. The second-order valence-electron chi connectivity index (χ2n) is 2.90. The van der Waals surface area contributed by atoms with Crippen molar-refractivity contribution in [2.24, 2.45) is 7.05 Å². The topological polar surface area (TPSA) is 51.1 Å². The third kappa shape index (κ3) is 1.58. The maximum atomic E-state index is 11.2. The summed E-state index contributed by atoms with van der Waals surface area (Å²) in [6, 6.07) is 3.76. The summed E-state index contributed by atoms with van der Waals surface area (Å²) in [5, 5.41) is 1.90. The van der Waals surface area contributed by atoms with Crippen LogP contribution in [0.15, 0.2) is 23.2 Å². The van der Waals surface area contributed by atoms with Crippen molar-refractivity contribution in [3.05, 3.63) is 28.9 Å². The summed E-state index contributed by atoms with van der Waals surface area (Å²) in [6.07, 6.45) is 3.58. The Bertz CT molecular complexity index is 434. The summed E-state index contributed by atoms with van der Waals surface area (Å²) in [6.45, 7) is 0.